The van der Waals surface area contributed by atoms with Crippen LogP contribution >= 0.6 is 0 Å². The molecule has 1 saturated carbocycles. The topological polar surface area (TPSA) is 90.5 Å². The number of urea groups is 1. The van der Waals surface area contributed by atoms with Crippen molar-refractivity contribution in [2.24, 2.45) is 0 Å². The largest absolute Gasteiger partial charge is 0.325 e. The molecule has 1 atom stereocenters. The number of hydrogen-bond donors (Lipinski definition) is 3. The highest BCUT2D eigenvalue weighted by molar-refractivity contribution is 6.11. The van der Waals surface area contributed by atoms with Crippen LogP contribution in [0.5, 0.6) is 0 Å². The Hall–Kier alpha value is -2.41. The number of nitrogens with zero attached hydrogens (tertiary/aromatic N) is 1. The lowest BCUT2D eigenvalue weighted by Crippen LogP contribution is -2.48. The fourth-order valence-electron chi connectivity index (χ4n) is 3.70. The van der Waals surface area contributed by atoms with Crippen molar-refractivity contribution in [3.05, 3.63) is 29.8 Å². The van der Waals surface area contributed by atoms with E-state index in [0.717, 1.165) is 29.8 Å². The van der Waals surface area contributed by atoms with E-state index < -0.39 is 17.6 Å². The second-order valence-corrected chi connectivity index (χ2v) is 7.04. The third-order valence-corrected chi connectivity index (χ3v) is 5.19. The first kappa shape index (κ1) is 18.4. The van der Waals surface area contributed by atoms with E-state index in [1.807, 2.05) is 25.1 Å². The molecule has 1 aliphatic carbocycles. The van der Waals surface area contributed by atoms with Crippen LogP contribution in [0.4, 0.5) is 10.5 Å². The molecule has 1 spiro atoms. The van der Waals surface area contributed by atoms with Crippen molar-refractivity contribution < 1.29 is 14.4 Å². The average Bonchev–Trinajstić information content (AvgIpc) is 3.18. The molecule has 1 unspecified atom stereocenters. The predicted molar refractivity (Wildman–Crippen MR) is 98.5 cm³/mol. The number of imide groups is 1. The first-order valence-corrected chi connectivity index (χ1v) is 9.23. The Kier molecular flexibility index (Phi) is 5.27. The third kappa shape index (κ3) is 3.44. The minimum absolute atomic E-state index is 0.274. The van der Waals surface area contributed by atoms with Gasteiger partial charge >= 0.3 is 6.03 Å². The molecule has 0 aromatic heterocycles. The zero-order valence-corrected chi connectivity index (χ0v) is 15.3. The molecule has 1 heterocycles. The molecule has 2 fully saturated rings. The summed E-state index contributed by atoms with van der Waals surface area (Å²) in [6, 6.07) is 6.19. The van der Waals surface area contributed by atoms with Gasteiger partial charge in [-0.15, -0.1) is 0 Å². The maximum Gasteiger partial charge on any atom is 0.325 e. The first-order chi connectivity index (χ1) is 12.5. The molecule has 1 aromatic rings. The molecule has 0 bridgehead atoms. The number of benzene rings is 1. The number of carbonyl (C=O) groups is 3. The van der Waals surface area contributed by atoms with Crippen LogP contribution in [-0.4, -0.2) is 40.9 Å². The van der Waals surface area contributed by atoms with Gasteiger partial charge in [0.25, 0.3) is 5.91 Å². The lowest BCUT2D eigenvalue weighted by atomic mass is 9.97. The SMILES string of the molecule is CCNCc1cccc(NC(=O)C(C)N2C(=O)NC3(CCCC3)C2=O)c1. The number of amides is 4. The number of carbonyl (C=O) groups excluding carboxylic acids is 3. The normalized spacial score (nSPS) is 19.7. The summed E-state index contributed by atoms with van der Waals surface area (Å²) < 4.78 is 0. The van der Waals surface area contributed by atoms with Gasteiger partial charge in [0.05, 0.1) is 0 Å². The molecule has 4 amide bonds. The Labute approximate surface area is 153 Å². The van der Waals surface area contributed by atoms with Gasteiger partial charge < -0.3 is 16.0 Å². The van der Waals surface area contributed by atoms with Crippen LogP contribution in [0.25, 0.3) is 0 Å². The third-order valence-electron chi connectivity index (χ3n) is 5.19. The van der Waals surface area contributed by atoms with Gasteiger partial charge in [-0.2, -0.15) is 0 Å². The van der Waals surface area contributed by atoms with E-state index in [1.54, 1.807) is 13.0 Å². The smallest absolute Gasteiger partial charge is 0.324 e. The fourth-order valence-corrected chi connectivity index (χ4v) is 3.70. The van der Waals surface area contributed by atoms with E-state index in [1.165, 1.54) is 0 Å². The van der Waals surface area contributed by atoms with Gasteiger partial charge in [0.1, 0.15) is 11.6 Å². The molecular formula is C19H26N4O3. The van der Waals surface area contributed by atoms with E-state index in [4.69, 9.17) is 0 Å². The summed E-state index contributed by atoms with van der Waals surface area (Å²) in [5, 5.41) is 8.86. The molecule has 3 rings (SSSR count). The highest BCUT2D eigenvalue weighted by atomic mass is 16.2. The van der Waals surface area contributed by atoms with Crippen molar-refractivity contribution in [2.75, 3.05) is 11.9 Å². The van der Waals surface area contributed by atoms with Crippen LogP contribution in [-0.2, 0) is 16.1 Å². The summed E-state index contributed by atoms with van der Waals surface area (Å²) in [6.07, 6.45) is 3.13. The van der Waals surface area contributed by atoms with Crippen LogP contribution in [0, 0.1) is 0 Å². The fraction of sp³-hybridized carbons (Fsp3) is 0.526. The van der Waals surface area contributed by atoms with Gasteiger partial charge in [0.2, 0.25) is 5.91 Å². The maximum atomic E-state index is 12.8. The average molecular weight is 358 g/mol. The monoisotopic (exact) mass is 358 g/mol. The highest BCUT2D eigenvalue weighted by Crippen LogP contribution is 2.35. The van der Waals surface area contributed by atoms with Gasteiger partial charge in [-0.3, -0.25) is 9.59 Å². The Morgan fingerprint density at radius 3 is 2.73 bits per heavy atom. The van der Waals surface area contributed by atoms with Gasteiger partial charge in [-0.05, 0) is 44.0 Å². The van der Waals surface area contributed by atoms with Crippen LogP contribution < -0.4 is 16.0 Å². The van der Waals surface area contributed by atoms with Gasteiger partial charge in [0.15, 0.2) is 0 Å². The van der Waals surface area contributed by atoms with E-state index in [0.29, 0.717) is 25.1 Å². The Bertz CT molecular complexity index is 712. The molecule has 26 heavy (non-hydrogen) atoms. The summed E-state index contributed by atoms with van der Waals surface area (Å²) >= 11 is 0. The molecule has 7 heteroatoms. The van der Waals surface area contributed by atoms with E-state index >= 15 is 0 Å². The molecule has 3 N–H and O–H groups in total. The van der Waals surface area contributed by atoms with Crippen LogP contribution in [0.3, 0.4) is 0 Å². The standard InChI is InChI=1S/C19H26N4O3/c1-3-20-12-14-7-6-8-15(11-14)21-16(24)13(2)23-17(25)19(22-18(23)26)9-4-5-10-19/h6-8,11,13,20H,3-5,9-10,12H2,1-2H3,(H,21,24)(H,22,26). The minimum atomic E-state index is -0.861. The molecule has 140 valence electrons. The lowest BCUT2D eigenvalue weighted by molar-refractivity contribution is -0.136. The van der Waals surface area contributed by atoms with Gasteiger partial charge in [-0.25, -0.2) is 9.69 Å². The summed E-state index contributed by atoms with van der Waals surface area (Å²) in [4.78, 5) is 38.8. The summed E-state index contributed by atoms with van der Waals surface area (Å²) in [5.74, 6) is -0.646. The van der Waals surface area contributed by atoms with Crippen molar-refractivity contribution in [1.82, 2.24) is 15.5 Å². The zero-order chi connectivity index (χ0) is 18.7. The second-order valence-electron chi connectivity index (χ2n) is 7.04. The Balaban J connectivity index is 1.68. The Morgan fingerprint density at radius 1 is 1.31 bits per heavy atom. The molecule has 7 nitrogen and oxygen atoms in total. The quantitative estimate of drug-likeness (QED) is 0.678. The minimum Gasteiger partial charge on any atom is -0.324 e. The summed E-state index contributed by atoms with van der Waals surface area (Å²) in [7, 11) is 0. The van der Waals surface area contributed by atoms with Crippen molar-refractivity contribution in [3.63, 3.8) is 0 Å². The van der Waals surface area contributed by atoms with Crippen molar-refractivity contribution in [3.8, 4) is 0 Å². The van der Waals surface area contributed by atoms with Crippen molar-refractivity contribution in [1.29, 1.82) is 0 Å². The van der Waals surface area contributed by atoms with E-state index in [9.17, 15) is 14.4 Å². The molecule has 1 aromatic carbocycles. The maximum absolute atomic E-state index is 12.8. The number of anilines is 1. The second kappa shape index (κ2) is 7.45. The first-order valence-electron chi connectivity index (χ1n) is 9.23. The molecule has 1 aliphatic heterocycles. The van der Waals surface area contributed by atoms with Crippen LogP contribution in [0.15, 0.2) is 24.3 Å². The highest BCUT2D eigenvalue weighted by Gasteiger charge is 2.54. The number of nitrogens with one attached hydrogen (secondary N) is 3. The molecule has 0 radical (unpaired) electrons. The molecular weight excluding hydrogens is 332 g/mol. The predicted octanol–water partition coefficient (Wildman–Crippen LogP) is 1.99. The Morgan fingerprint density at radius 2 is 2.04 bits per heavy atom. The lowest BCUT2D eigenvalue weighted by Gasteiger charge is -2.23. The van der Waals surface area contributed by atoms with Gasteiger partial charge in [-0.1, -0.05) is 31.9 Å². The molecule has 1 saturated heterocycles. The van der Waals surface area contributed by atoms with E-state index in [2.05, 4.69) is 16.0 Å². The molecule has 2 aliphatic rings. The van der Waals surface area contributed by atoms with Crippen LogP contribution in [0.2, 0.25) is 0 Å². The summed E-state index contributed by atoms with van der Waals surface area (Å²) in [5.41, 5.74) is 0.911. The number of hydrogen-bond acceptors (Lipinski definition) is 4. The zero-order valence-electron chi connectivity index (χ0n) is 15.3. The van der Waals surface area contributed by atoms with Crippen molar-refractivity contribution in [2.45, 2.75) is 57.7 Å². The number of rotatable bonds is 6. The summed E-state index contributed by atoms with van der Waals surface area (Å²) in [6.45, 7) is 5.19. The van der Waals surface area contributed by atoms with Crippen LogP contribution in [0.1, 0.15) is 45.1 Å². The van der Waals surface area contributed by atoms with Gasteiger partial charge in [0, 0.05) is 12.2 Å². The van der Waals surface area contributed by atoms with Crippen molar-refractivity contribution >= 4 is 23.5 Å². The van der Waals surface area contributed by atoms with E-state index in [-0.39, 0.29) is 11.8 Å².